The second kappa shape index (κ2) is 6.88. The van der Waals surface area contributed by atoms with E-state index >= 15 is 0 Å². The quantitative estimate of drug-likeness (QED) is 0.884. The van der Waals surface area contributed by atoms with Crippen molar-refractivity contribution in [2.24, 2.45) is 0 Å². The molecule has 3 nitrogen and oxygen atoms in total. The number of halogens is 1. The maximum Gasteiger partial charge on any atom is 0.312 e. The molecule has 0 saturated carbocycles. The van der Waals surface area contributed by atoms with Gasteiger partial charge in [-0.3, -0.25) is 4.79 Å². The predicted molar refractivity (Wildman–Crippen MR) is 82.5 cm³/mol. The third kappa shape index (κ3) is 4.07. The van der Waals surface area contributed by atoms with Crippen molar-refractivity contribution in [2.75, 3.05) is 13.6 Å². The van der Waals surface area contributed by atoms with Gasteiger partial charge in [0, 0.05) is 18.0 Å². The number of nitrogens with zero attached hydrogens (tertiary/aromatic N) is 1. The minimum atomic E-state index is -0.799. The number of rotatable bonds is 6. The van der Waals surface area contributed by atoms with E-state index < -0.39 is 11.9 Å². The fraction of sp³-hybridized carbons (Fsp3) is 0.267. The Morgan fingerprint density at radius 3 is 2.55 bits per heavy atom. The minimum Gasteiger partial charge on any atom is -0.481 e. The van der Waals surface area contributed by atoms with Crippen LogP contribution < -0.4 is 0 Å². The molecular weight excluding hydrogens is 294 g/mol. The fourth-order valence-electron chi connectivity index (χ4n) is 2.09. The molecular formula is C15H16ClNO2S. The molecule has 1 N–H and O–H groups in total. The van der Waals surface area contributed by atoms with Crippen LogP contribution in [0.3, 0.4) is 0 Å². The van der Waals surface area contributed by atoms with Crippen LogP contribution in [0.5, 0.6) is 0 Å². The molecule has 5 heteroatoms. The third-order valence-corrected chi connectivity index (χ3v) is 4.26. The van der Waals surface area contributed by atoms with Crippen LogP contribution in [0.4, 0.5) is 0 Å². The van der Waals surface area contributed by atoms with Gasteiger partial charge in [0.05, 0.1) is 10.3 Å². The van der Waals surface area contributed by atoms with Crippen LogP contribution in [0.1, 0.15) is 16.4 Å². The summed E-state index contributed by atoms with van der Waals surface area (Å²) in [5.74, 6) is -1.32. The highest BCUT2D eigenvalue weighted by atomic mass is 35.5. The van der Waals surface area contributed by atoms with Crippen LogP contribution in [0.2, 0.25) is 4.34 Å². The van der Waals surface area contributed by atoms with E-state index in [0.717, 1.165) is 14.8 Å². The Bertz CT molecular complexity index is 570. The largest absolute Gasteiger partial charge is 0.481 e. The zero-order valence-corrected chi connectivity index (χ0v) is 12.7. The van der Waals surface area contributed by atoms with E-state index in [1.807, 2.05) is 54.4 Å². The van der Waals surface area contributed by atoms with Gasteiger partial charge < -0.3 is 10.0 Å². The first-order valence-corrected chi connectivity index (χ1v) is 7.46. The van der Waals surface area contributed by atoms with E-state index in [0.29, 0.717) is 13.1 Å². The van der Waals surface area contributed by atoms with Crippen molar-refractivity contribution in [3.8, 4) is 0 Å². The second-order valence-electron chi connectivity index (χ2n) is 4.70. The molecule has 0 saturated heterocycles. The Labute approximate surface area is 127 Å². The van der Waals surface area contributed by atoms with E-state index in [4.69, 9.17) is 11.6 Å². The summed E-state index contributed by atoms with van der Waals surface area (Å²) in [4.78, 5) is 14.6. The number of hydrogen-bond donors (Lipinski definition) is 1. The molecule has 1 aromatic heterocycles. The average Bonchev–Trinajstić information content (AvgIpc) is 2.82. The molecule has 1 atom stereocenters. The van der Waals surface area contributed by atoms with Gasteiger partial charge >= 0.3 is 5.97 Å². The summed E-state index contributed by atoms with van der Waals surface area (Å²) in [5.41, 5.74) is 0.830. The molecule has 20 heavy (non-hydrogen) atoms. The molecule has 1 aromatic carbocycles. The number of likely N-dealkylation sites (N-methyl/N-ethyl adjacent to an activating group) is 1. The Morgan fingerprint density at radius 1 is 1.30 bits per heavy atom. The lowest BCUT2D eigenvalue weighted by atomic mass is 9.99. The third-order valence-electron chi connectivity index (χ3n) is 3.05. The van der Waals surface area contributed by atoms with Gasteiger partial charge in [-0.05, 0) is 24.7 Å². The van der Waals surface area contributed by atoms with E-state index in [9.17, 15) is 9.90 Å². The van der Waals surface area contributed by atoms with Crippen LogP contribution >= 0.6 is 22.9 Å². The van der Waals surface area contributed by atoms with Crippen molar-refractivity contribution in [1.82, 2.24) is 4.90 Å². The van der Waals surface area contributed by atoms with Crippen LogP contribution in [-0.4, -0.2) is 29.6 Å². The molecule has 0 aliphatic rings. The van der Waals surface area contributed by atoms with Crippen molar-refractivity contribution in [3.63, 3.8) is 0 Å². The van der Waals surface area contributed by atoms with Crippen molar-refractivity contribution in [1.29, 1.82) is 0 Å². The number of aliphatic carboxylic acids is 1. The fourth-order valence-corrected chi connectivity index (χ4v) is 3.26. The summed E-state index contributed by atoms with van der Waals surface area (Å²) >= 11 is 7.43. The number of hydrogen-bond acceptors (Lipinski definition) is 3. The number of carboxylic acid groups (broad SMARTS) is 1. The lowest BCUT2D eigenvalue weighted by Gasteiger charge is -2.21. The summed E-state index contributed by atoms with van der Waals surface area (Å²) in [6.07, 6.45) is 0. The molecule has 106 valence electrons. The van der Waals surface area contributed by atoms with Crippen LogP contribution in [0.15, 0.2) is 42.5 Å². The summed E-state index contributed by atoms with van der Waals surface area (Å²) in [5, 5.41) is 9.40. The van der Waals surface area contributed by atoms with Crippen molar-refractivity contribution in [2.45, 2.75) is 12.5 Å². The van der Waals surface area contributed by atoms with Crippen molar-refractivity contribution < 1.29 is 9.90 Å². The first-order chi connectivity index (χ1) is 9.56. The van der Waals surface area contributed by atoms with Gasteiger partial charge in [-0.1, -0.05) is 41.9 Å². The van der Waals surface area contributed by atoms with E-state index in [2.05, 4.69) is 0 Å². The predicted octanol–water partition coefficient (Wildman–Crippen LogP) is 3.70. The lowest BCUT2D eigenvalue weighted by molar-refractivity contribution is -0.139. The monoisotopic (exact) mass is 309 g/mol. The van der Waals surface area contributed by atoms with Gasteiger partial charge in [0.15, 0.2) is 0 Å². The van der Waals surface area contributed by atoms with Gasteiger partial charge in [0.2, 0.25) is 0 Å². The van der Waals surface area contributed by atoms with Gasteiger partial charge in [0.1, 0.15) is 0 Å². The van der Waals surface area contributed by atoms with E-state index in [-0.39, 0.29) is 0 Å². The van der Waals surface area contributed by atoms with Crippen LogP contribution in [0, 0.1) is 0 Å². The van der Waals surface area contributed by atoms with Crippen LogP contribution in [-0.2, 0) is 11.3 Å². The van der Waals surface area contributed by atoms with Crippen molar-refractivity contribution >= 4 is 28.9 Å². The molecule has 1 heterocycles. The Kier molecular flexibility index (Phi) is 5.17. The molecule has 0 spiro atoms. The standard InChI is InChI=1S/C15H16ClNO2S/c1-17(9-12-7-8-14(16)20-12)10-13(15(18)19)11-5-3-2-4-6-11/h2-8,13H,9-10H2,1H3,(H,18,19). The highest BCUT2D eigenvalue weighted by Gasteiger charge is 2.21. The Morgan fingerprint density at radius 2 is 2.00 bits per heavy atom. The summed E-state index contributed by atoms with van der Waals surface area (Å²) in [7, 11) is 1.92. The molecule has 2 aromatic rings. The first kappa shape index (κ1) is 15.0. The molecule has 0 amide bonds. The van der Waals surface area contributed by atoms with Crippen LogP contribution in [0.25, 0.3) is 0 Å². The SMILES string of the molecule is CN(Cc1ccc(Cl)s1)CC(C(=O)O)c1ccccc1. The highest BCUT2D eigenvalue weighted by Crippen LogP contribution is 2.23. The molecule has 0 bridgehead atoms. The smallest absolute Gasteiger partial charge is 0.312 e. The normalized spacial score (nSPS) is 12.6. The van der Waals surface area contributed by atoms with Gasteiger partial charge in [-0.2, -0.15) is 0 Å². The zero-order chi connectivity index (χ0) is 14.5. The maximum atomic E-state index is 11.4. The van der Waals surface area contributed by atoms with Gasteiger partial charge in [-0.15, -0.1) is 11.3 Å². The number of thiophene rings is 1. The van der Waals surface area contributed by atoms with E-state index in [1.54, 1.807) is 0 Å². The summed E-state index contributed by atoms with van der Waals surface area (Å²) in [6, 6.07) is 13.2. The van der Waals surface area contributed by atoms with Crippen molar-refractivity contribution in [3.05, 3.63) is 57.2 Å². The summed E-state index contributed by atoms with van der Waals surface area (Å²) < 4.78 is 0.756. The molecule has 0 aliphatic heterocycles. The topological polar surface area (TPSA) is 40.5 Å². The Balaban J connectivity index is 2.03. The highest BCUT2D eigenvalue weighted by molar-refractivity contribution is 7.16. The Hall–Kier alpha value is -1.36. The zero-order valence-electron chi connectivity index (χ0n) is 11.1. The molecule has 0 radical (unpaired) electrons. The molecule has 2 rings (SSSR count). The van der Waals surface area contributed by atoms with E-state index in [1.165, 1.54) is 11.3 Å². The van der Waals surface area contributed by atoms with Gasteiger partial charge in [0.25, 0.3) is 0 Å². The summed E-state index contributed by atoms with van der Waals surface area (Å²) in [6.45, 7) is 1.17. The molecule has 0 fully saturated rings. The molecule has 0 aliphatic carbocycles. The minimum absolute atomic E-state index is 0.467. The number of carboxylic acids is 1. The average molecular weight is 310 g/mol. The van der Waals surface area contributed by atoms with Gasteiger partial charge in [-0.25, -0.2) is 0 Å². The second-order valence-corrected chi connectivity index (χ2v) is 6.50. The maximum absolute atomic E-state index is 11.4. The molecule has 1 unspecified atom stereocenters. The first-order valence-electron chi connectivity index (χ1n) is 6.27. The number of benzene rings is 1. The number of carbonyl (C=O) groups is 1. The lowest BCUT2D eigenvalue weighted by Crippen LogP contribution is -2.28.